The van der Waals surface area contributed by atoms with Gasteiger partial charge in [-0.15, -0.1) is 0 Å². The second-order valence-corrected chi connectivity index (χ2v) is 9.86. The number of benzene rings is 5. The maximum absolute atomic E-state index is 13.1. The molecule has 1 atom stereocenters. The average molecular weight is 529 g/mol. The van der Waals surface area contributed by atoms with Crippen LogP contribution in [0.3, 0.4) is 0 Å². The molecule has 1 heterocycles. The molecule has 1 aliphatic rings. The normalized spacial score (nSPS) is 15.2. The number of fused-ring (bicyclic) bond motifs is 1. The number of carbonyl (C=O) groups excluding carboxylic acids is 1. The molecule has 1 aliphatic heterocycles. The van der Waals surface area contributed by atoms with Gasteiger partial charge in [0, 0.05) is 33.9 Å². The monoisotopic (exact) mass is 528 g/mol. The van der Waals surface area contributed by atoms with Crippen LogP contribution >= 0.6 is 0 Å². The molecular weight excluding hydrogens is 500 g/mol. The lowest BCUT2D eigenvalue weighted by molar-refractivity contribution is 0.102. The van der Waals surface area contributed by atoms with Crippen LogP contribution in [0.2, 0.25) is 0 Å². The van der Waals surface area contributed by atoms with Crippen molar-refractivity contribution in [1.82, 2.24) is 0 Å². The van der Waals surface area contributed by atoms with Crippen LogP contribution in [0.15, 0.2) is 115 Å². The van der Waals surface area contributed by atoms with Crippen molar-refractivity contribution in [3.8, 4) is 23.0 Å². The van der Waals surface area contributed by atoms with Gasteiger partial charge in [-0.1, -0.05) is 12.1 Å². The molecule has 6 N–H and O–H groups in total. The summed E-state index contributed by atoms with van der Waals surface area (Å²) in [4.78, 5) is 13.1. The molecule has 0 aliphatic carbocycles. The molecule has 0 fully saturated rings. The molecule has 1 unspecified atom stereocenters. The van der Waals surface area contributed by atoms with E-state index in [1.807, 2.05) is 97.1 Å². The fourth-order valence-electron chi connectivity index (χ4n) is 4.74. The van der Waals surface area contributed by atoms with Crippen LogP contribution < -0.4 is 31.6 Å². The van der Waals surface area contributed by atoms with Crippen LogP contribution in [0.1, 0.15) is 28.4 Å². The van der Waals surface area contributed by atoms with Crippen molar-refractivity contribution in [2.45, 2.75) is 12.5 Å². The molecule has 7 nitrogen and oxygen atoms in total. The molecule has 0 radical (unpaired) electrons. The molecule has 7 heteroatoms. The molecule has 5 aromatic rings. The summed E-state index contributed by atoms with van der Waals surface area (Å²) < 4.78 is 11.9. The maximum Gasteiger partial charge on any atom is 0.255 e. The largest absolute Gasteiger partial charge is 0.457 e. The zero-order valence-electron chi connectivity index (χ0n) is 21.8. The first-order valence-corrected chi connectivity index (χ1v) is 12.9. The Morgan fingerprint density at radius 2 is 1.25 bits per heavy atom. The van der Waals surface area contributed by atoms with Crippen LogP contribution in [0, 0.1) is 0 Å². The first kappa shape index (κ1) is 24.9. The molecule has 0 bridgehead atoms. The molecule has 1 amide bonds. The van der Waals surface area contributed by atoms with Crippen LogP contribution in [-0.4, -0.2) is 5.91 Å². The smallest absolute Gasteiger partial charge is 0.255 e. The predicted octanol–water partition coefficient (Wildman–Crippen LogP) is 7.38. The van der Waals surface area contributed by atoms with E-state index in [0.717, 1.165) is 22.6 Å². The molecule has 198 valence electrons. The van der Waals surface area contributed by atoms with E-state index in [2.05, 4.69) is 17.6 Å². The zero-order chi connectivity index (χ0) is 27.7. The van der Waals surface area contributed by atoms with Crippen molar-refractivity contribution in [3.05, 3.63) is 132 Å². The minimum Gasteiger partial charge on any atom is -0.457 e. The minimum absolute atomic E-state index is 0.197. The van der Waals surface area contributed by atoms with E-state index in [9.17, 15) is 4.79 Å². The Kier molecular flexibility index (Phi) is 6.24. The zero-order valence-corrected chi connectivity index (χ0v) is 21.8. The van der Waals surface area contributed by atoms with E-state index >= 15 is 0 Å². The Balaban J connectivity index is 1.15. The van der Waals surface area contributed by atoms with Gasteiger partial charge in [0.1, 0.15) is 23.0 Å². The molecule has 6 rings (SSSR count). The third-order valence-electron chi connectivity index (χ3n) is 6.96. The number of nitrogens with one attached hydrogen (secondary N) is 2. The number of hydrogen-bond donors (Lipinski definition) is 4. The van der Waals surface area contributed by atoms with Crippen molar-refractivity contribution in [2.24, 2.45) is 0 Å². The molecule has 0 aromatic heterocycles. The number of anilines is 4. The Labute approximate surface area is 232 Å². The number of hydrogen-bond acceptors (Lipinski definition) is 6. The number of nitrogens with two attached hydrogens (primary N) is 2. The third-order valence-corrected chi connectivity index (χ3v) is 6.96. The summed E-state index contributed by atoms with van der Waals surface area (Å²) in [5.74, 6) is 2.59. The summed E-state index contributed by atoms with van der Waals surface area (Å²) in [5.41, 5.74) is 16.7. The van der Waals surface area contributed by atoms with Gasteiger partial charge < -0.3 is 31.6 Å². The quantitative estimate of drug-likeness (QED) is 0.164. The summed E-state index contributed by atoms with van der Waals surface area (Å²) in [5, 5.41) is 6.51. The lowest BCUT2D eigenvalue weighted by atomic mass is 9.77. The highest BCUT2D eigenvalue weighted by atomic mass is 16.5. The summed E-state index contributed by atoms with van der Waals surface area (Å²) in [6, 6.07) is 35.3. The molecule has 0 spiro atoms. The standard InChI is InChI=1S/C33H28N4O3/c1-33(30-20-29(17-18-31(30)37-33)40-27-13-7-24(35)8-14-27)22-4-2-3-21(19-22)32(38)36-25-9-15-28(16-10-25)39-26-11-5-23(34)6-12-26/h2-20,37H,34-35H2,1H3,(H,36,38). The summed E-state index contributed by atoms with van der Waals surface area (Å²) in [7, 11) is 0. The van der Waals surface area contributed by atoms with E-state index in [4.69, 9.17) is 20.9 Å². The Morgan fingerprint density at radius 3 is 1.88 bits per heavy atom. The minimum atomic E-state index is -0.465. The van der Waals surface area contributed by atoms with Crippen molar-refractivity contribution in [1.29, 1.82) is 0 Å². The number of amides is 1. The highest BCUT2D eigenvalue weighted by Crippen LogP contribution is 2.47. The molecule has 5 aromatic carbocycles. The van der Waals surface area contributed by atoms with Crippen molar-refractivity contribution >= 4 is 28.7 Å². The molecule has 40 heavy (non-hydrogen) atoms. The fourth-order valence-corrected chi connectivity index (χ4v) is 4.74. The summed E-state index contributed by atoms with van der Waals surface area (Å²) in [6.45, 7) is 2.10. The third kappa shape index (κ3) is 5.00. The highest BCUT2D eigenvalue weighted by Gasteiger charge is 2.40. The second kappa shape index (κ2) is 10.0. The Hall–Kier alpha value is -5.43. The van der Waals surface area contributed by atoms with Crippen molar-refractivity contribution < 1.29 is 14.3 Å². The molecule has 0 saturated heterocycles. The van der Waals surface area contributed by atoms with Crippen molar-refractivity contribution in [3.63, 3.8) is 0 Å². The highest BCUT2D eigenvalue weighted by molar-refractivity contribution is 6.04. The van der Waals surface area contributed by atoms with Gasteiger partial charge in [0.15, 0.2) is 0 Å². The second-order valence-electron chi connectivity index (χ2n) is 9.86. The van der Waals surface area contributed by atoms with Gasteiger partial charge in [-0.25, -0.2) is 0 Å². The van der Waals surface area contributed by atoms with Crippen LogP contribution in [0.25, 0.3) is 0 Å². The van der Waals surface area contributed by atoms with Gasteiger partial charge in [0.2, 0.25) is 0 Å². The predicted molar refractivity (Wildman–Crippen MR) is 159 cm³/mol. The van der Waals surface area contributed by atoms with Crippen LogP contribution in [-0.2, 0) is 5.54 Å². The van der Waals surface area contributed by atoms with E-state index in [1.54, 1.807) is 18.2 Å². The SMILES string of the molecule is CC1(c2cccc(C(=O)Nc3ccc(Oc4ccc(N)cc4)cc3)c2)Nc2ccc(Oc3ccc(N)cc3)cc21. The van der Waals surface area contributed by atoms with E-state index in [-0.39, 0.29) is 5.91 Å². The average Bonchev–Trinajstić information content (AvgIpc) is 2.96. The first-order valence-electron chi connectivity index (χ1n) is 12.9. The number of rotatable bonds is 7. The van der Waals surface area contributed by atoms with Gasteiger partial charge in [-0.3, -0.25) is 4.79 Å². The topological polar surface area (TPSA) is 112 Å². The van der Waals surface area contributed by atoms with E-state index < -0.39 is 5.54 Å². The summed E-state index contributed by atoms with van der Waals surface area (Å²) in [6.07, 6.45) is 0. The molecule has 0 saturated carbocycles. The lowest BCUT2D eigenvalue weighted by Crippen LogP contribution is -2.42. The fraction of sp³-hybridized carbons (Fsp3) is 0.0606. The maximum atomic E-state index is 13.1. The van der Waals surface area contributed by atoms with Crippen molar-refractivity contribution in [2.75, 3.05) is 22.1 Å². The van der Waals surface area contributed by atoms with Gasteiger partial charge in [0.05, 0.1) is 5.54 Å². The Bertz CT molecular complexity index is 1680. The van der Waals surface area contributed by atoms with E-state index in [0.29, 0.717) is 39.9 Å². The molecular formula is C33H28N4O3. The van der Waals surface area contributed by atoms with E-state index in [1.165, 1.54) is 0 Å². The number of nitrogen functional groups attached to an aromatic ring is 2. The van der Waals surface area contributed by atoms with Crippen LogP contribution in [0.5, 0.6) is 23.0 Å². The van der Waals surface area contributed by atoms with Gasteiger partial charge in [0.25, 0.3) is 5.91 Å². The van der Waals surface area contributed by atoms with Gasteiger partial charge in [-0.05, 0) is 116 Å². The number of ether oxygens (including phenoxy) is 2. The number of carbonyl (C=O) groups is 1. The lowest BCUT2D eigenvalue weighted by Gasteiger charge is -2.44. The Morgan fingerprint density at radius 1 is 0.700 bits per heavy atom. The van der Waals surface area contributed by atoms with Crippen LogP contribution in [0.4, 0.5) is 22.7 Å². The first-order chi connectivity index (χ1) is 19.4. The van der Waals surface area contributed by atoms with Gasteiger partial charge in [-0.2, -0.15) is 0 Å². The van der Waals surface area contributed by atoms with Gasteiger partial charge >= 0.3 is 0 Å². The summed E-state index contributed by atoms with van der Waals surface area (Å²) >= 11 is 0.